The summed E-state index contributed by atoms with van der Waals surface area (Å²) in [6.45, 7) is 2.47. The number of amides is 2. The van der Waals surface area contributed by atoms with Gasteiger partial charge in [-0.1, -0.05) is 30.3 Å². The monoisotopic (exact) mass is 387 g/mol. The molecule has 3 rings (SSSR count). The first kappa shape index (κ1) is 19.9. The number of fused-ring (bicyclic) bond motifs is 1. The van der Waals surface area contributed by atoms with E-state index in [4.69, 9.17) is 10.00 Å². The molecule has 0 radical (unpaired) electrons. The van der Waals surface area contributed by atoms with Gasteiger partial charge in [-0.15, -0.1) is 0 Å². The fourth-order valence-corrected chi connectivity index (χ4v) is 2.91. The van der Waals surface area contributed by atoms with Crippen LogP contribution in [-0.2, 0) is 4.79 Å². The van der Waals surface area contributed by atoms with E-state index in [-0.39, 0.29) is 24.8 Å². The maximum atomic E-state index is 12.4. The molecule has 0 fully saturated rings. The van der Waals surface area contributed by atoms with E-state index in [2.05, 4.69) is 10.6 Å². The molecule has 6 nitrogen and oxygen atoms in total. The van der Waals surface area contributed by atoms with Gasteiger partial charge in [0.1, 0.15) is 5.75 Å². The van der Waals surface area contributed by atoms with E-state index in [0.29, 0.717) is 29.2 Å². The maximum absolute atomic E-state index is 12.4. The van der Waals surface area contributed by atoms with Crippen LogP contribution in [0.25, 0.3) is 10.8 Å². The molecule has 0 aliphatic heterocycles. The molecule has 0 aromatic heterocycles. The average molecular weight is 387 g/mol. The van der Waals surface area contributed by atoms with Gasteiger partial charge in [-0.05, 0) is 48.0 Å². The molecule has 0 bridgehead atoms. The van der Waals surface area contributed by atoms with Crippen LogP contribution in [0.15, 0.2) is 60.7 Å². The summed E-state index contributed by atoms with van der Waals surface area (Å²) in [6.07, 6.45) is 0.0989. The number of nitriles is 1. The van der Waals surface area contributed by atoms with Crippen molar-refractivity contribution in [3.05, 3.63) is 71.8 Å². The zero-order chi connectivity index (χ0) is 20.6. The Labute approximate surface area is 169 Å². The summed E-state index contributed by atoms with van der Waals surface area (Å²) in [4.78, 5) is 24.6. The molecule has 0 aliphatic carbocycles. The summed E-state index contributed by atoms with van der Waals surface area (Å²) in [6, 6.07) is 20.2. The highest BCUT2D eigenvalue weighted by Gasteiger charge is 2.11. The van der Waals surface area contributed by atoms with Crippen molar-refractivity contribution in [2.45, 2.75) is 13.3 Å². The quantitative estimate of drug-likeness (QED) is 0.644. The topological polar surface area (TPSA) is 91.2 Å². The molecule has 0 heterocycles. The Morgan fingerprint density at radius 1 is 1.03 bits per heavy atom. The maximum Gasteiger partial charge on any atom is 0.251 e. The lowest BCUT2D eigenvalue weighted by Crippen LogP contribution is -2.27. The van der Waals surface area contributed by atoms with Gasteiger partial charge < -0.3 is 15.4 Å². The molecule has 0 saturated heterocycles. The molecule has 3 aromatic carbocycles. The van der Waals surface area contributed by atoms with Crippen molar-refractivity contribution in [3.63, 3.8) is 0 Å². The van der Waals surface area contributed by atoms with Gasteiger partial charge in [0, 0.05) is 18.5 Å². The minimum absolute atomic E-state index is 0.0989. The Balaban J connectivity index is 1.57. The summed E-state index contributed by atoms with van der Waals surface area (Å²) in [5.74, 6) is -0.00931. The van der Waals surface area contributed by atoms with Crippen LogP contribution in [0.2, 0.25) is 0 Å². The van der Waals surface area contributed by atoms with E-state index >= 15 is 0 Å². The first-order valence-electron chi connectivity index (χ1n) is 9.34. The van der Waals surface area contributed by atoms with Gasteiger partial charge >= 0.3 is 0 Å². The Hall–Kier alpha value is -3.85. The third-order valence-electron chi connectivity index (χ3n) is 4.33. The molecule has 146 valence electrons. The number of nitrogens with zero attached hydrogens (tertiary/aromatic N) is 1. The Kier molecular flexibility index (Phi) is 6.43. The molecular formula is C23H21N3O3. The van der Waals surface area contributed by atoms with Gasteiger partial charge in [-0.2, -0.15) is 5.26 Å². The second-order valence-electron chi connectivity index (χ2n) is 6.37. The van der Waals surface area contributed by atoms with Gasteiger partial charge in [0.05, 0.1) is 23.9 Å². The Bertz CT molecular complexity index is 1090. The zero-order valence-electron chi connectivity index (χ0n) is 16.1. The molecule has 6 heteroatoms. The standard InChI is InChI=1S/C23H21N3O3/c1-2-29-21-10-7-16(15-24)13-20(21)26-22(27)11-12-25-23(28)19-9-8-17-5-3-4-6-18(17)14-19/h3-10,13-14H,2,11-12H2,1H3,(H,25,28)(H,26,27). The van der Waals surface area contributed by atoms with Gasteiger partial charge in [0.25, 0.3) is 5.91 Å². The van der Waals surface area contributed by atoms with Crippen molar-refractivity contribution < 1.29 is 14.3 Å². The number of carbonyl (C=O) groups is 2. The molecule has 2 amide bonds. The number of hydrogen-bond acceptors (Lipinski definition) is 4. The van der Waals surface area contributed by atoms with E-state index in [9.17, 15) is 9.59 Å². The third kappa shape index (κ3) is 5.11. The van der Waals surface area contributed by atoms with Crippen LogP contribution in [0.4, 0.5) is 5.69 Å². The van der Waals surface area contributed by atoms with Crippen LogP contribution in [0, 0.1) is 11.3 Å². The van der Waals surface area contributed by atoms with Crippen molar-refractivity contribution in [3.8, 4) is 11.8 Å². The van der Waals surface area contributed by atoms with E-state index in [1.54, 1.807) is 24.3 Å². The predicted molar refractivity (Wildman–Crippen MR) is 112 cm³/mol. The zero-order valence-corrected chi connectivity index (χ0v) is 16.1. The lowest BCUT2D eigenvalue weighted by Gasteiger charge is -2.12. The first-order valence-corrected chi connectivity index (χ1v) is 9.34. The minimum Gasteiger partial charge on any atom is -0.492 e. The van der Waals surface area contributed by atoms with Gasteiger partial charge in [0.15, 0.2) is 0 Å². The number of anilines is 1. The third-order valence-corrected chi connectivity index (χ3v) is 4.33. The molecule has 3 aromatic rings. The van der Waals surface area contributed by atoms with Gasteiger partial charge in [-0.25, -0.2) is 0 Å². The average Bonchev–Trinajstić information content (AvgIpc) is 2.74. The normalized spacial score (nSPS) is 10.2. The molecule has 0 saturated carbocycles. The number of ether oxygens (including phenoxy) is 1. The lowest BCUT2D eigenvalue weighted by molar-refractivity contribution is -0.116. The lowest BCUT2D eigenvalue weighted by atomic mass is 10.1. The summed E-state index contributed by atoms with van der Waals surface area (Å²) < 4.78 is 5.48. The largest absolute Gasteiger partial charge is 0.492 e. The van der Waals surface area contributed by atoms with Gasteiger partial charge in [0.2, 0.25) is 5.91 Å². The molecule has 29 heavy (non-hydrogen) atoms. The number of hydrogen-bond donors (Lipinski definition) is 2. The highest BCUT2D eigenvalue weighted by molar-refractivity contribution is 5.99. The van der Waals surface area contributed by atoms with Crippen LogP contribution >= 0.6 is 0 Å². The van der Waals surface area contributed by atoms with Crippen LogP contribution < -0.4 is 15.4 Å². The van der Waals surface area contributed by atoms with Crippen molar-refractivity contribution >= 4 is 28.3 Å². The highest BCUT2D eigenvalue weighted by atomic mass is 16.5. The van der Waals surface area contributed by atoms with Crippen molar-refractivity contribution in [2.75, 3.05) is 18.5 Å². The number of rotatable bonds is 7. The van der Waals surface area contributed by atoms with E-state index in [0.717, 1.165) is 10.8 Å². The number of carbonyl (C=O) groups excluding carboxylic acids is 2. The number of benzene rings is 3. The van der Waals surface area contributed by atoms with Crippen molar-refractivity contribution in [2.24, 2.45) is 0 Å². The van der Waals surface area contributed by atoms with Gasteiger partial charge in [-0.3, -0.25) is 9.59 Å². The van der Waals surface area contributed by atoms with Crippen LogP contribution in [0.5, 0.6) is 5.75 Å². The van der Waals surface area contributed by atoms with Crippen molar-refractivity contribution in [1.29, 1.82) is 5.26 Å². The summed E-state index contributed by atoms with van der Waals surface area (Å²) in [5, 5.41) is 16.6. The summed E-state index contributed by atoms with van der Waals surface area (Å²) >= 11 is 0. The van der Waals surface area contributed by atoms with E-state index in [1.807, 2.05) is 49.4 Å². The Morgan fingerprint density at radius 3 is 2.59 bits per heavy atom. The second kappa shape index (κ2) is 9.38. The summed E-state index contributed by atoms with van der Waals surface area (Å²) in [5.41, 5.74) is 1.41. The molecule has 0 aliphatic rings. The minimum atomic E-state index is -0.278. The van der Waals surface area contributed by atoms with E-state index in [1.165, 1.54) is 0 Å². The van der Waals surface area contributed by atoms with Crippen LogP contribution in [0.1, 0.15) is 29.3 Å². The second-order valence-corrected chi connectivity index (χ2v) is 6.37. The first-order chi connectivity index (χ1) is 14.1. The van der Waals surface area contributed by atoms with Crippen molar-refractivity contribution in [1.82, 2.24) is 5.32 Å². The molecule has 0 unspecified atom stereocenters. The number of nitrogens with one attached hydrogen (secondary N) is 2. The fourth-order valence-electron chi connectivity index (χ4n) is 2.91. The molecule has 2 N–H and O–H groups in total. The molecule has 0 spiro atoms. The highest BCUT2D eigenvalue weighted by Crippen LogP contribution is 2.25. The summed E-state index contributed by atoms with van der Waals surface area (Å²) in [7, 11) is 0. The van der Waals surface area contributed by atoms with E-state index < -0.39 is 0 Å². The van der Waals surface area contributed by atoms with Crippen LogP contribution in [-0.4, -0.2) is 25.0 Å². The SMILES string of the molecule is CCOc1ccc(C#N)cc1NC(=O)CCNC(=O)c1ccc2ccccc2c1. The van der Waals surface area contributed by atoms with Crippen LogP contribution in [0.3, 0.4) is 0 Å². The molecular weight excluding hydrogens is 366 g/mol. The predicted octanol–water partition coefficient (Wildman–Crippen LogP) is 3.87. The molecule has 0 atom stereocenters. The Morgan fingerprint density at radius 2 is 1.83 bits per heavy atom. The fraction of sp³-hybridized carbons (Fsp3) is 0.174. The smallest absolute Gasteiger partial charge is 0.251 e.